The molecule has 0 N–H and O–H groups in total. The van der Waals surface area contributed by atoms with Crippen molar-refractivity contribution in [3.8, 4) is 0 Å². The third kappa shape index (κ3) is 4.52. The number of ether oxygens (including phenoxy) is 3. The fourth-order valence-electron chi connectivity index (χ4n) is 3.97. The summed E-state index contributed by atoms with van der Waals surface area (Å²) in [5, 5.41) is -0.253. The number of carbonyl (C=O) groups is 2. The molecule has 2 aromatic heterocycles. The second-order valence-corrected chi connectivity index (χ2v) is 8.32. The zero-order chi connectivity index (χ0) is 25.2. The molecule has 5 rings (SSSR count). The van der Waals surface area contributed by atoms with Crippen molar-refractivity contribution in [2.75, 3.05) is 6.61 Å². The third-order valence-corrected chi connectivity index (χ3v) is 5.99. The predicted molar refractivity (Wildman–Crippen MR) is 124 cm³/mol. The van der Waals surface area contributed by atoms with E-state index in [0.717, 1.165) is 17.1 Å². The van der Waals surface area contributed by atoms with E-state index in [1.165, 1.54) is 12.1 Å². The van der Waals surface area contributed by atoms with Crippen LogP contribution in [0.5, 0.6) is 0 Å². The normalized spacial score (nSPS) is 21.4. The highest BCUT2D eigenvalue weighted by Crippen LogP contribution is 2.38. The molecule has 11 heteroatoms. The van der Waals surface area contributed by atoms with Crippen molar-refractivity contribution in [1.82, 2.24) is 14.5 Å². The minimum atomic E-state index is -1.96. The van der Waals surface area contributed by atoms with E-state index in [4.69, 9.17) is 25.8 Å². The minimum Gasteiger partial charge on any atom is -0.459 e. The number of hydrogen-bond acceptors (Lipinski definition) is 7. The van der Waals surface area contributed by atoms with E-state index in [1.807, 2.05) is 0 Å². The smallest absolute Gasteiger partial charge is 0.338 e. The predicted octanol–water partition coefficient (Wildman–Crippen LogP) is 4.54. The Hall–Kier alpha value is -3.89. The molecule has 0 bridgehead atoms. The van der Waals surface area contributed by atoms with Crippen molar-refractivity contribution < 1.29 is 32.6 Å². The van der Waals surface area contributed by atoms with Crippen molar-refractivity contribution in [3.05, 3.63) is 95.3 Å². The summed E-state index contributed by atoms with van der Waals surface area (Å²) >= 11 is 5.99. The standard InChI is InChI=1S/C25H18ClF2N3O5/c26-21-18-16(27)11-31(22(18)30-13-29-21)23-19(28)20(36-25(33)15-9-5-2-6-10-15)17(35-23)12-34-24(32)14-7-3-1-4-8-14/h1-11,13,17,19-20,23H,12H2/t17-,19?,20?,23-/m1/s1. The van der Waals surface area contributed by atoms with Gasteiger partial charge in [0, 0.05) is 6.20 Å². The van der Waals surface area contributed by atoms with Crippen LogP contribution in [-0.4, -0.2) is 51.5 Å². The number of rotatable bonds is 6. The molecule has 184 valence electrons. The van der Waals surface area contributed by atoms with Gasteiger partial charge in [0.25, 0.3) is 0 Å². The van der Waals surface area contributed by atoms with Crippen molar-refractivity contribution >= 4 is 34.6 Å². The molecular weight excluding hydrogens is 496 g/mol. The first kappa shape index (κ1) is 23.8. The van der Waals surface area contributed by atoms with Crippen LogP contribution >= 0.6 is 11.6 Å². The summed E-state index contributed by atoms with van der Waals surface area (Å²) in [4.78, 5) is 32.9. The van der Waals surface area contributed by atoms with E-state index in [9.17, 15) is 14.0 Å². The number of fused-ring (bicyclic) bond motifs is 1. The maximum atomic E-state index is 15.8. The molecule has 4 atom stereocenters. The highest BCUT2D eigenvalue weighted by atomic mass is 35.5. The van der Waals surface area contributed by atoms with Crippen LogP contribution < -0.4 is 0 Å². The Morgan fingerprint density at radius 2 is 1.64 bits per heavy atom. The quantitative estimate of drug-likeness (QED) is 0.276. The van der Waals surface area contributed by atoms with Crippen molar-refractivity contribution in [2.45, 2.75) is 24.6 Å². The zero-order valence-electron chi connectivity index (χ0n) is 18.5. The molecule has 0 amide bonds. The molecule has 1 saturated heterocycles. The molecule has 0 radical (unpaired) electrons. The van der Waals surface area contributed by atoms with Gasteiger partial charge in [0.1, 0.15) is 29.8 Å². The van der Waals surface area contributed by atoms with E-state index >= 15 is 4.39 Å². The molecule has 4 aromatic rings. The number of carbonyl (C=O) groups excluding carboxylic acids is 2. The molecule has 1 aliphatic heterocycles. The van der Waals surface area contributed by atoms with Gasteiger partial charge in [-0.05, 0) is 24.3 Å². The van der Waals surface area contributed by atoms with Crippen LogP contribution in [0, 0.1) is 5.82 Å². The van der Waals surface area contributed by atoms with Gasteiger partial charge in [-0.3, -0.25) is 4.57 Å². The summed E-state index contributed by atoms with van der Waals surface area (Å²) in [7, 11) is 0. The summed E-state index contributed by atoms with van der Waals surface area (Å²) in [6.07, 6.45) is -3.97. The fraction of sp³-hybridized carbons (Fsp3) is 0.200. The highest BCUT2D eigenvalue weighted by Gasteiger charge is 2.50. The van der Waals surface area contributed by atoms with Crippen LogP contribution in [0.15, 0.2) is 73.2 Å². The van der Waals surface area contributed by atoms with Crippen molar-refractivity contribution in [2.24, 2.45) is 0 Å². The maximum absolute atomic E-state index is 15.8. The minimum absolute atomic E-state index is 0.00443. The lowest BCUT2D eigenvalue weighted by molar-refractivity contribution is -0.0569. The zero-order valence-corrected chi connectivity index (χ0v) is 19.2. The number of halogens is 3. The van der Waals surface area contributed by atoms with Gasteiger partial charge in [-0.25, -0.2) is 28.3 Å². The molecule has 1 fully saturated rings. The van der Waals surface area contributed by atoms with Crippen LogP contribution in [-0.2, 0) is 14.2 Å². The molecule has 3 heterocycles. The van der Waals surface area contributed by atoms with E-state index in [0.29, 0.717) is 0 Å². The van der Waals surface area contributed by atoms with Crippen LogP contribution in [0.25, 0.3) is 11.0 Å². The number of hydrogen-bond donors (Lipinski definition) is 0. The highest BCUT2D eigenvalue weighted by molar-refractivity contribution is 6.34. The monoisotopic (exact) mass is 513 g/mol. The second-order valence-electron chi connectivity index (χ2n) is 7.96. The first-order valence-corrected chi connectivity index (χ1v) is 11.3. The number of alkyl halides is 1. The van der Waals surface area contributed by atoms with Gasteiger partial charge < -0.3 is 14.2 Å². The summed E-state index contributed by atoms with van der Waals surface area (Å²) in [5.41, 5.74) is 0.479. The Morgan fingerprint density at radius 3 is 2.31 bits per heavy atom. The summed E-state index contributed by atoms with van der Waals surface area (Å²) < 4.78 is 48.1. The summed E-state index contributed by atoms with van der Waals surface area (Å²) in [6, 6.07) is 16.2. The molecule has 2 unspecified atom stereocenters. The number of nitrogens with zero attached hydrogens (tertiary/aromatic N) is 3. The molecule has 0 spiro atoms. The lowest BCUT2D eigenvalue weighted by Gasteiger charge is -2.19. The van der Waals surface area contributed by atoms with Crippen LogP contribution in [0.3, 0.4) is 0 Å². The average Bonchev–Trinajstić information content (AvgIpc) is 3.40. The van der Waals surface area contributed by atoms with Crippen molar-refractivity contribution in [3.63, 3.8) is 0 Å². The summed E-state index contributed by atoms with van der Waals surface area (Å²) in [5.74, 6) is -2.23. The number of esters is 2. The second kappa shape index (κ2) is 10.00. The maximum Gasteiger partial charge on any atom is 0.338 e. The van der Waals surface area contributed by atoms with Gasteiger partial charge in [0.05, 0.1) is 16.5 Å². The summed E-state index contributed by atoms with van der Waals surface area (Å²) in [6.45, 7) is -0.422. The molecule has 2 aromatic carbocycles. The Kier molecular flexibility index (Phi) is 6.62. The third-order valence-electron chi connectivity index (χ3n) is 5.70. The molecule has 0 aliphatic carbocycles. The molecule has 36 heavy (non-hydrogen) atoms. The Labute approximate surface area is 208 Å². The van der Waals surface area contributed by atoms with Gasteiger partial charge in [0.15, 0.2) is 24.3 Å². The Balaban J connectivity index is 1.43. The van der Waals surface area contributed by atoms with Gasteiger partial charge in [-0.2, -0.15) is 0 Å². The molecule has 1 aliphatic rings. The van der Waals surface area contributed by atoms with Crippen LogP contribution in [0.4, 0.5) is 8.78 Å². The van der Waals surface area contributed by atoms with E-state index in [2.05, 4.69) is 9.97 Å². The van der Waals surface area contributed by atoms with Gasteiger partial charge in [0.2, 0.25) is 0 Å². The van der Waals surface area contributed by atoms with Gasteiger partial charge in [-0.1, -0.05) is 48.0 Å². The topological polar surface area (TPSA) is 92.5 Å². The molecular formula is C25H18ClF2N3O5. The Bertz CT molecular complexity index is 1400. The average molecular weight is 514 g/mol. The van der Waals surface area contributed by atoms with Crippen LogP contribution in [0.2, 0.25) is 5.15 Å². The Morgan fingerprint density at radius 1 is 1.00 bits per heavy atom. The molecule has 8 nitrogen and oxygen atoms in total. The SMILES string of the molecule is O=C(OC[C@H]1O[C@@H](n2cc(F)c3c(Cl)ncnc32)C(F)C1OC(=O)c1ccccc1)c1ccccc1. The van der Waals surface area contributed by atoms with E-state index in [1.54, 1.807) is 48.5 Å². The first-order chi connectivity index (χ1) is 17.4. The van der Waals surface area contributed by atoms with E-state index < -0.39 is 49.0 Å². The van der Waals surface area contributed by atoms with Gasteiger partial charge >= 0.3 is 11.9 Å². The largest absolute Gasteiger partial charge is 0.459 e. The van der Waals surface area contributed by atoms with Crippen molar-refractivity contribution in [1.29, 1.82) is 0 Å². The molecule has 0 saturated carbocycles. The number of aromatic nitrogens is 3. The lowest BCUT2D eigenvalue weighted by atomic mass is 10.1. The fourth-order valence-corrected chi connectivity index (χ4v) is 4.19. The lowest BCUT2D eigenvalue weighted by Crippen LogP contribution is -2.37. The van der Waals surface area contributed by atoms with E-state index in [-0.39, 0.29) is 27.3 Å². The number of benzene rings is 2. The van der Waals surface area contributed by atoms with Gasteiger partial charge in [-0.15, -0.1) is 0 Å². The van der Waals surface area contributed by atoms with Crippen LogP contribution in [0.1, 0.15) is 26.9 Å². The first-order valence-electron chi connectivity index (χ1n) is 10.9.